The monoisotopic (exact) mass is 452 g/mol. The maximum Gasteiger partial charge on any atom is 0.257 e. The predicted molar refractivity (Wildman–Crippen MR) is 132 cm³/mol. The van der Waals surface area contributed by atoms with E-state index in [1.807, 2.05) is 35.8 Å². The number of benzene rings is 1. The minimum Gasteiger partial charge on any atom is -0.384 e. The van der Waals surface area contributed by atoms with Crippen LogP contribution in [0.15, 0.2) is 24.3 Å². The number of hydrogen-bond acceptors (Lipinski definition) is 6. The second-order valence-corrected chi connectivity index (χ2v) is 9.45. The highest BCUT2D eigenvalue weighted by atomic mass is 16.5. The van der Waals surface area contributed by atoms with Crippen molar-refractivity contribution >= 4 is 33.9 Å². The van der Waals surface area contributed by atoms with E-state index in [-0.39, 0.29) is 11.9 Å². The molecule has 1 aromatic carbocycles. The Labute approximate surface area is 195 Å². The van der Waals surface area contributed by atoms with Crippen molar-refractivity contribution in [2.24, 2.45) is 5.92 Å². The summed E-state index contributed by atoms with van der Waals surface area (Å²) in [5.41, 5.74) is 9.81. The first-order valence-corrected chi connectivity index (χ1v) is 12.1. The molecule has 8 heteroatoms. The Morgan fingerprint density at radius 1 is 1.09 bits per heavy atom. The van der Waals surface area contributed by atoms with Gasteiger partial charge in [-0.05, 0) is 31.4 Å². The first-order valence-electron chi connectivity index (χ1n) is 12.1. The Morgan fingerprint density at radius 2 is 1.79 bits per heavy atom. The van der Waals surface area contributed by atoms with Gasteiger partial charge in [-0.2, -0.15) is 0 Å². The zero-order valence-electron chi connectivity index (χ0n) is 20.0. The molecule has 4 rings (SSSR count). The number of ether oxygens (including phenoxy) is 1. The van der Waals surface area contributed by atoms with Crippen LogP contribution in [-0.4, -0.2) is 64.2 Å². The van der Waals surface area contributed by atoms with Crippen LogP contribution in [0.3, 0.4) is 0 Å². The number of nitrogens with one attached hydrogen (secondary N) is 1. The van der Waals surface area contributed by atoms with Crippen LogP contribution in [-0.2, 0) is 11.3 Å². The number of hydrogen-bond donors (Lipinski definition) is 2. The molecule has 8 nitrogen and oxygen atoms in total. The van der Waals surface area contributed by atoms with Gasteiger partial charge in [-0.15, -0.1) is 0 Å². The van der Waals surface area contributed by atoms with Crippen LogP contribution in [0.2, 0.25) is 0 Å². The van der Waals surface area contributed by atoms with Gasteiger partial charge in [0.1, 0.15) is 16.9 Å². The SMILES string of the molecule is CC(C)CCCC(C)NC(=O)c1c(N)n(CCN2CCOCC2)c2nc3ccccc3nc12. The fraction of sp³-hybridized carbons (Fsp3) is 0.560. The number of morpholine rings is 1. The zero-order valence-corrected chi connectivity index (χ0v) is 20.0. The smallest absolute Gasteiger partial charge is 0.257 e. The molecule has 1 unspecified atom stereocenters. The minimum absolute atomic E-state index is 0.0656. The molecular formula is C25H36N6O2. The summed E-state index contributed by atoms with van der Waals surface area (Å²) >= 11 is 0. The number of fused-ring (bicyclic) bond motifs is 2. The zero-order chi connectivity index (χ0) is 23.4. The third-order valence-corrected chi connectivity index (χ3v) is 6.36. The van der Waals surface area contributed by atoms with Gasteiger partial charge < -0.3 is 20.4 Å². The van der Waals surface area contributed by atoms with Crippen molar-refractivity contribution in [3.8, 4) is 0 Å². The van der Waals surface area contributed by atoms with Gasteiger partial charge in [0.05, 0.1) is 24.2 Å². The molecule has 178 valence electrons. The Balaban J connectivity index is 1.63. The van der Waals surface area contributed by atoms with E-state index in [1.54, 1.807) is 0 Å². The molecular weight excluding hydrogens is 416 g/mol. The molecule has 0 aliphatic carbocycles. The molecule has 1 aliphatic rings. The fourth-order valence-electron chi connectivity index (χ4n) is 4.43. The summed E-state index contributed by atoms with van der Waals surface area (Å²) in [4.78, 5) is 25.4. The van der Waals surface area contributed by atoms with Crippen molar-refractivity contribution in [3.63, 3.8) is 0 Å². The van der Waals surface area contributed by atoms with E-state index in [4.69, 9.17) is 20.4 Å². The molecule has 0 bridgehead atoms. The van der Waals surface area contributed by atoms with Gasteiger partial charge in [-0.3, -0.25) is 9.69 Å². The second-order valence-electron chi connectivity index (χ2n) is 9.45. The van der Waals surface area contributed by atoms with E-state index in [0.29, 0.717) is 35.0 Å². The molecule has 3 aromatic rings. The van der Waals surface area contributed by atoms with Gasteiger partial charge in [0.2, 0.25) is 0 Å². The number of nitrogens with zero attached hydrogens (tertiary/aromatic N) is 4. The van der Waals surface area contributed by atoms with Crippen LogP contribution in [0, 0.1) is 5.92 Å². The molecule has 0 radical (unpaired) electrons. The Kier molecular flexibility index (Phi) is 7.45. The van der Waals surface area contributed by atoms with Gasteiger partial charge >= 0.3 is 0 Å². The molecule has 0 saturated carbocycles. The highest BCUT2D eigenvalue weighted by Gasteiger charge is 2.25. The van der Waals surface area contributed by atoms with E-state index < -0.39 is 0 Å². The van der Waals surface area contributed by atoms with Crippen LogP contribution in [0.25, 0.3) is 22.2 Å². The van der Waals surface area contributed by atoms with Crippen LogP contribution in [0.4, 0.5) is 5.82 Å². The molecule has 33 heavy (non-hydrogen) atoms. The van der Waals surface area contributed by atoms with Crippen LogP contribution < -0.4 is 11.1 Å². The fourth-order valence-corrected chi connectivity index (χ4v) is 4.43. The maximum atomic E-state index is 13.3. The summed E-state index contributed by atoms with van der Waals surface area (Å²) in [5, 5.41) is 3.14. The van der Waals surface area contributed by atoms with Crippen molar-refractivity contribution in [3.05, 3.63) is 29.8 Å². The molecule has 1 amide bonds. The van der Waals surface area contributed by atoms with Crippen LogP contribution in [0.1, 0.15) is 50.4 Å². The van der Waals surface area contributed by atoms with Crippen molar-refractivity contribution in [2.75, 3.05) is 38.6 Å². The standard InChI is InChI=1S/C25H36N6O2/c1-17(2)7-6-8-18(3)27-25(32)21-22-24(29-20-10-5-4-9-19(20)28-22)31(23(21)26)12-11-30-13-15-33-16-14-30/h4-5,9-10,17-18H,6-8,11-16,26H2,1-3H3,(H,27,32). The normalized spacial score (nSPS) is 16.0. The summed E-state index contributed by atoms with van der Waals surface area (Å²) in [7, 11) is 0. The van der Waals surface area contributed by atoms with Gasteiger partial charge in [-0.25, -0.2) is 9.97 Å². The van der Waals surface area contributed by atoms with Crippen molar-refractivity contribution < 1.29 is 9.53 Å². The molecule has 2 aromatic heterocycles. The first kappa shape index (κ1) is 23.4. The maximum absolute atomic E-state index is 13.3. The van der Waals surface area contributed by atoms with E-state index in [2.05, 4.69) is 24.1 Å². The predicted octanol–water partition coefficient (Wildman–Crippen LogP) is 3.44. The topological polar surface area (TPSA) is 98.3 Å². The van der Waals surface area contributed by atoms with Gasteiger partial charge in [0.15, 0.2) is 5.65 Å². The number of carbonyl (C=O) groups excluding carboxylic acids is 1. The lowest BCUT2D eigenvalue weighted by Crippen LogP contribution is -2.38. The highest BCUT2D eigenvalue weighted by Crippen LogP contribution is 2.28. The number of aromatic nitrogens is 3. The van der Waals surface area contributed by atoms with Crippen molar-refractivity contribution in [1.82, 2.24) is 24.8 Å². The average molecular weight is 453 g/mol. The lowest BCUT2D eigenvalue weighted by atomic mass is 10.0. The summed E-state index contributed by atoms with van der Waals surface area (Å²) in [6, 6.07) is 7.79. The number of carbonyl (C=O) groups is 1. The van der Waals surface area contributed by atoms with E-state index in [9.17, 15) is 4.79 Å². The molecule has 1 fully saturated rings. The lowest BCUT2D eigenvalue weighted by molar-refractivity contribution is 0.0366. The number of nitrogen functional groups attached to an aromatic ring is 1. The Hall–Kier alpha value is -2.71. The second kappa shape index (κ2) is 10.5. The molecule has 3 N–H and O–H groups in total. The summed E-state index contributed by atoms with van der Waals surface area (Å²) in [5.74, 6) is 0.918. The minimum atomic E-state index is -0.177. The lowest BCUT2D eigenvalue weighted by Gasteiger charge is -2.26. The molecule has 3 heterocycles. The Bertz CT molecular complexity index is 1100. The number of para-hydroxylation sites is 2. The van der Waals surface area contributed by atoms with E-state index >= 15 is 0 Å². The van der Waals surface area contributed by atoms with E-state index in [0.717, 1.165) is 63.1 Å². The quantitative estimate of drug-likeness (QED) is 0.516. The number of rotatable bonds is 9. The highest BCUT2D eigenvalue weighted by molar-refractivity contribution is 6.10. The summed E-state index contributed by atoms with van der Waals surface area (Å²) < 4.78 is 7.41. The van der Waals surface area contributed by atoms with Gasteiger partial charge in [0.25, 0.3) is 5.91 Å². The summed E-state index contributed by atoms with van der Waals surface area (Å²) in [6.07, 6.45) is 3.18. The molecule has 1 aliphatic heterocycles. The average Bonchev–Trinajstić information content (AvgIpc) is 3.06. The molecule has 0 spiro atoms. The number of nitrogens with two attached hydrogens (primary N) is 1. The van der Waals surface area contributed by atoms with Gasteiger partial charge in [0, 0.05) is 32.2 Å². The third-order valence-electron chi connectivity index (χ3n) is 6.36. The van der Waals surface area contributed by atoms with Gasteiger partial charge in [-0.1, -0.05) is 38.8 Å². The molecule has 1 saturated heterocycles. The Morgan fingerprint density at radius 3 is 2.48 bits per heavy atom. The molecule has 1 atom stereocenters. The van der Waals surface area contributed by atoms with Crippen molar-refractivity contribution in [2.45, 2.75) is 52.6 Å². The van der Waals surface area contributed by atoms with E-state index in [1.165, 1.54) is 0 Å². The van der Waals surface area contributed by atoms with Crippen LogP contribution >= 0.6 is 0 Å². The summed E-state index contributed by atoms with van der Waals surface area (Å²) in [6.45, 7) is 11.2. The van der Waals surface area contributed by atoms with Crippen molar-refractivity contribution in [1.29, 1.82) is 0 Å². The van der Waals surface area contributed by atoms with Crippen LogP contribution in [0.5, 0.6) is 0 Å². The third kappa shape index (κ3) is 5.45. The number of anilines is 1. The number of amides is 1. The first-order chi connectivity index (χ1) is 15.9. The largest absolute Gasteiger partial charge is 0.384 e.